The SMILES string of the molecule is c1ccc(-c2ccc(N3B4c5cc(-c6ccccc6)ccc5N(c5ccc(-c6ccccc6)cc5)c5c4c(cc4c5oc5ccccc54)-c4cc(N(c5ccccc5)c5ccccc5)ccc43)cc2)cc1. The normalized spacial score (nSPS) is 12.4. The van der Waals surface area contributed by atoms with Crippen LogP contribution in [0.4, 0.5) is 45.5 Å². The van der Waals surface area contributed by atoms with Gasteiger partial charge in [0.2, 0.25) is 0 Å². The summed E-state index contributed by atoms with van der Waals surface area (Å²) in [7, 11) is 0. The maximum absolute atomic E-state index is 7.18. The van der Waals surface area contributed by atoms with Crippen LogP contribution in [0.15, 0.2) is 271 Å². The van der Waals surface area contributed by atoms with Crippen LogP contribution in [-0.4, -0.2) is 6.85 Å². The van der Waals surface area contributed by atoms with Crippen LogP contribution >= 0.6 is 0 Å². The van der Waals surface area contributed by atoms with Gasteiger partial charge in [-0.3, -0.25) is 0 Å². The molecule has 0 aliphatic carbocycles. The largest absolute Gasteiger partial charge is 0.454 e. The Morgan fingerprint density at radius 2 is 0.845 bits per heavy atom. The molecule has 0 atom stereocenters. The highest BCUT2D eigenvalue weighted by molar-refractivity contribution is 6.94. The minimum absolute atomic E-state index is 0.239. The zero-order chi connectivity index (χ0) is 46.8. The maximum Gasteiger partial charge on any atom is 0.333 e. The van der Waals surface area contributed by atoms with E-state index in [1.54, 1.807) is 0 Å². The number of hydrogen-bond acceptors (Lipinski definition) is 4. The van der Waals surface area contributed by atoms with Crippen molar-refractivity contribution >= 4 is 85.2 Å². The Balaban J connectivity index is 1.09. The van der Waals surface area contributed by atoms with Crippen molar-refractivity contribution < 1.29 is 4.42 Å². The highest BCUT2D eigenvalue weighted by Crippen LogP contribution is 2.52. The van der Waals surface area contributed by atoms with Crippen LogP contribution in [0, 0.1) is 0 Å². The third kappa shape index (κ3) is 6.77. The van der Waals surface area contributed by atoms with Crippen molar-refractivity contribution in [2.24, 2.45) is 0 Å². The van der Waals surface area contributed by atoms with Gasteiger partial charge in [-0.2, -0.15) is 0 Å². The molecule has 0 radical (unpaired) electrons. The summed E-state index contributed by atoms with van der Waals surface area (Å²) in [6, 6.07) is 96.7. The van der Waals surface area contributed by atoms with Gasteiger partial charge in [0.25, 0.3) is 0 Å². The molecule has 0 bridgehead atoms. The molecule has 0 N–H and O–H groups in total. The Kier molecular flexibility index (Phi) is 9.59. The van der Waals surface area contributed by atoms with Crippen LogP contribution in [-0.2, 0) is 0 Å². The van der Waals surface area contributed by atoms with Crippen LogP contribution in [0.25, 0.3) is 66.4 Å². The topological polar surface area (TPSA) is 22.9 Å². The van der Waals surface area contributed by atoms with Crippen molar-refractivity contribution in [2.45, 2.75) is 0 Å². The van der Waals surface area contributed by atoms with E-state index < -0.39 is 0 Å². The fourth-order valence-corrected chi connectivity index (χ4v) is 11.2. The van der Waals surface area contributed by atoms with Crippen LogP contribution in [0.1, 0.15) is 0 Å². The van der Waals surface area contributed by atoms with Gasteiger partial charge in [-0.25, -0.2) is 0 Å². The summed E-state index contributed by atoms with van der Waals surface area (Å²) in [6.45, 7) is -0.239. The summed E-state index contributed by atoms with van der Waals surface area (Å²) in [5.74, 6) is 0. The van der Waals surface area contributed by atoms with E-state index in [-0.39, 0.29) is 6.85 Å². The Morgan fingerprint density at radius 1 is 0.352 bits per heavy atom. The predicted octanol–water partition coefficient (Wildman–Crippen LogP) is 16.8. The molecule has 5 heteroatoms. The predicted molar refractivity (Wildman–Crippen MR) is 298 cm³/mol. The Labute approximate surface area is 413 Å². The van der Waals surface area contributed by atoms with Crippen LogP contribution < -0.4 is 25.5 Å². The molecule has 14 rings (SSSR count). The highest BCUT2D eigenvalue weighted by Gasteiger charge is 2.47. The van der Waals surface area contributed by atoms with Crippen molar-refractivity contribution in [3.8, 4) is 44.5 Å². The molecule has 4 nitrogen and oxygen atoms in total. The van der Waals surface area contributed by atoms with E-state index in [0.29, 0.717) is 0 Å². The van der Waals surface area contributed by atoms with E-state index in [4.69, 9.17) is 4.42 Å². The molecule has 0 spiro atoms. The molecule has 2 aliphatic rings. The summed E-state index contributed by atoms with van der Waals surface area (Å²) in [5.41, 5.74) is 22.2. The van der Waals surface area contributed by atoms with Gasteiger partial charge in [-0.05, 0) is 135 Å². The number of benzene rings is 11. The standard InChI is InChI=1S/C66H44BN3O/c1-6-18-45(19-7-1)48-30-35-53(36-31-48)69-62-40-34-50(47-22-10-3-11-23-47)42-60(62)67-64-58(44-59-56-28-16-17-29-63(56)71-66(59)65(64)69)57-43-55(68(51-24-12-4-13-25-51)52-26-14-5-15-27-52)39-41-61(57)70(67)54-37-32-49(33-38-54)46-20-8-2-9-21-46/h1-44H. The highest BCUT2D eigenvalue weighted by atomic mass is 16.3. The van der Waals surface area contributed by atoms with Gasteiger partial charge in [0, 0.05) is 56.1 Å². The zero-order valence-electron chi connectivity index (χ0n) is 38.7. The number of para-hydroxylation sites is 3. The van der Waals surface area contributed by atoms with Gasteiger partial charge in [0.1, 0.15) is 5.58 Å². The van der Waals surface area contributed by atoms with E-state index >= 15 is 0 Å². The number of anilines is 8. The second-order valence-electron chi connectivity index (χ2n) is 18.4. The Morgan fingerprint density at radius 3 is 1.45 bits per heavy atom. The zero-order valence-corrected chi connectivity index (χ0v) is 38.7. The fraction of sp³-hybridized carbons (Fsp3) is 0. The van der Waals surface area contributed by atoms with Gasteiger partial charge >= 0.3 is 6.85 Å². The lowest BCUT2D eigenvalue weighted by Crippen LogP contribution is -2.61. The molecule has 0 fully saturated rings. The molecule has 0 saturated heterocycles. The second kappa shape index (κ2) is 16.7. The molecule has 0 saturated carbocycles. The summed E-state index contributed by atoms with van der Waals surface area (Å²) < 4.78 is 7.18. The second-order valence-corrected chi connectivity index (χ2v) is 18.4. The average Bonchev–Trinajstić information content (AvgIpc) is 3.83. The molecule has 11 aromatic carbocycles. The number of fused-ring (bicyclic) bond motifs is 8. The minimum atomic E-state index is -0.239. The molecule has 332 valence electrons. The van der Waals surface area contributed by atoms with E-state index in [2.05, 4.69) is 282 Å². The molecule has 12 aromatic rings. The molecular weight excluding hydrogens is 862 g/mol. The Bertz CT molecular complexity index is 3880. The van der Waals surface area contributed by atoms with E-state index in [9.17, 15) is 0 Å². The lowest BCUT2D eigenvalue weighted by molar-refractivity contribution is 0.669. The summed E-state index contributed by atoms with van der Waals surface area (Å²) in [6.07, 6.45) is 0. The third-order valence-corrected chi connectivity index (χ3v) is 14.4. The minimum Gasteiger partial charge on any atom is -0.454 e. The van der Waals surface area contributed by atoms with Crippen molar-refractivity contribution in [2.75, 3.05) is 14.6 Å². The first-order valence-electron chi connectivity index (χ1n) is 24.4. The van der Waals surface area contributed by atoms with Crippen molar-refractivity contribution in [1.82, 2.24) is 0 Å². The molecule has 1 aromatic heterocycles. The average molecular weight is 906 g/mol. The number of hydrogen-bond donors (Lipinski definition) is 0. The van der Waals surface area contributed by atoms with Crippen molar-refractivity contribution in [1.29, 1.82) is 0 Å². The third-order valence-electron chi connectivity index (χ3n) is 14.4. The maximum atomic E-state index is 7.18. The number of furan rings is 1. The molecular formula is C66H44BN3O. The van der Waals surface area contributed by atoms with Gasteiger partial charge in [0.05, 0.1) is 5.69 Å². The van der Waals surface area contributed by atoms with Gasteiger partial charge in [-0.1, -0.05) is 182 Å². The van der Waals surface area contributed by atoms with E-state index in [1.165, 1.54) is 49.9 Å². The monoisotopic (exact) mass is 905 g/mol. The molecule has 0 amide bonds. The molecule has 0 unspecified atom stereocenters. The van der Waals surface area contributed by atoms with Gasteiger partial charge in [-0.15, -0.1) is 0 Å². The molecule has 2 aliphatic heterocycles. The summed E-state index contributed by atoms with van der Waals surface area (Å²) >= 11 is 0. The molecule has 71 heavy (non-hydrogen) atoms. The number of rotatable bonds is 8. The fourth-order valence-electron chi connectivity index (χ4n) is 11.2. The van der Waals surface area contributed by atoms with E-state index in [0.717, 1.165) is 73.0 Å². The van der Waals surface area contributed by atoms with Crippen molar-refractivity contribution in [3.05, 3.63) is 267 Å². The number of nitrogens with zero attached hydrogens (tertiary/aromatic N) is 3. The van der Waals surface area contributed by atoms with Gasteiger partial charge < -0.3 is 19.0 Å². The molecule has 3 heterocycles. The lowest BCUT2D eigenvalue weighted by atomic mass is 9.43. The smallest absolute Gasteiger partial charge is 0.333 e. The van der Waals surface area contributed by atoms with Crippen LogP contribution in [0.3, 0.4) is 0 Å². The quantitative estimate of drug-likeness (QED) is 0.142. The van der Waals surface area contributed by atoms with Gasteiger partial charge in [0.15, 0.2) is 5.58 Å². The summed E-state index contributed by atoms with van der Waals surface area (Å²) in [4.78, 5) is 7.43. The van der Waals surface area contributed by atoms with Crippen molar-refractivity contribution in [3.63, 3.8) is 0 Å². The van der Waals surface area contributed by atoms with Crippen LogP contribution in [0.2, 0.25) is 0 Å². The first-order chi connectivity index (χ1) is 35.2. The van der Waals surface area contributed by atoms with E-state index in [1.807, 2.05) is 0 Å². The lowest BCUT2D eigenvalue weighted by Gasteiger charge is -2.46. The Hall–Kier alpha value is -9.32. The van der Waals surface area contributed by atoms with Crippen LogP contribution in [0.5, 0.6) is 0 Å². The summed E-state index contributed by atoms with van der Waals surface area (Å²) in [5, 5.41) is 2.18. The first-order valence-corrected chi connectivity index (χ1v) is 24.4. The first kappa shape index (κ1) is 40.7.